The largest absolute Gasteiger partial charge is 0.361 e. The summed E-state index contributed by atoms with van der Waals surface area (Å²) in [4.78, 5) is 20.6. The van der Waals surface area contributed by atoms with E-state index in [0.29, 0.717) is 12.3 Å². The predicted octanol–water partition coefficient (Wildman–Crippen LogP) is 4.87. The summed E-state index contributed by atoms with van der Waals surface area (Å²) >= 11 is 0. The summed E-state index contributed by atoms with van der Waals surface area (Å²) in [6, 6.07) is 10.9. The van der Waals surface area contributed by atoms with Crippen molar-refractivity contribution in [3.8, 4) is 11.3 Å². The molecule has 0 saturated heterocycles. The highest BCUT2D eigenvalue weighted by Crippen LogP contribution is 2.28. The minimum absolute atomic E-state index is 0.0635. The molecule has 0 aliphatic rings. The maximum absolute atomic E-state index is 11.6. The van der Waals surface area contributed by atoms with Gasteiger partial charge in [-0.05, 0) is 24.6 Å². The second-order valence-electron chi connectivity index (χ2n) is 8.56. The first-order chi connectivity index (χ1) is 13.8. The van der Waals surface area contributed by atoms with Crippen molar-refractivity contribution < 1.29 is 9.53 Å². The molecule has 4 rings (SSSR count). The molecule has 0 atom stereocenters. The number of nitrogens with zero attached hydrogens (tertiary/aromatic N) is 4. The molecule has 0 radical (unpaired) electrons. The first-order valence-corrected chi connectivity index (χ1v) is 13.5. The number of hydrogen-bond acceptors (Lipinski definition) is 4. The lowest BCUT2D eigenvalue weighted by Crippen LogP contribution is -2.22. The van der Waals surface area contributed by atoms with Gasteiger partial charge < -0.3 is 9.30 Å². The molecule has 0 N–H and O–H groups in total. The van der Waals surface area contributed by atoms with Crippen molar-refractivity contribution in [1.82, 2.24) is 18.9 Å². The first-order valence-electron chi connectivity index (χ1n) is 9.84. The highest BCUT2D eigenvalue weighted by atomic mass is 28.3. The third-order valence-corrected chi connectivity index (χ3v) is 6.79. The summed E-state index contributed by atoms with van der Waals surface area (Å²) in [5.41, 5.74) is 5.39. The quantitative estimate of drug-likeness (QED) is 0.250. The number of aromatic nitrogens is 4. The molecule has 0 spiro atoms. The Labute approximate surface area is 171 Å². The van der Waals surface area contributed by atoms with Gasteiger partial charge in [0.1, 0.15) is 6.73 Å². The Hall–Kier alpha value is -2.77. The number of Topliss-reactive ketones (excluding diaryl/α,β-unsaturated/α-hetero) is 1. The molecule has 0 fully saturated rings. The predicted molar refractivity (Wildman–Crippen MR) is 118 cm³/mol. The van der Waals surface area contributed by atoms with Crippen LogP contribution < -0.4 is 0 Å². The third-order valence-electron chi connectivity index (χ3n) is 5.08. The fourth-order valence-corrected chi connectivity index (χ4v) is 4.11. The molecule has 0 bridgehead atoms. The Bertz CT molecular complexity index is 1170. The van der Waals surface area contributed by atoms with Gasteiger partial charge in [0.2, 0.25) is 0 Å². The summed E-state index contributed by atoms with van der Waals surface area (Å²) < 4.78 is 10.2. The number of benzene rings is 1. The molecule has 0 saturated carbocycles. The summed E-state index contributed by atoms with van der Waals surface area (Å²) in [5.74, 6) is 0.0635. The minimum Gasteiger partial charge on any atom is -0.361 e. The van der Waals surface area contributed by atoms with Crippen LogP contribution in [0.3, 0.4) is 0 Å². The molecule has 6 nitrogen and oxygen atoms in total. The molecule has 4 aromatic rings. The van der Waals surface area contributed by atoms with Crippen LogP contribution in [-0.4, -0.2) is 39.4 Å². The van der Waals surface area contributed by atoms with E-state index in [4.69, 9.17) is 4.74 Å². The number of fused-ring (bicyclic) bond motifs is 3. The lowest BCUT2D eigenvalue weighted by molar-refractivity contribution is 0.0909. The van der Waals surface area contributed by atoms with E-state index >= 15 is 0 Å². The SMILES string of the molecule is CC(=O)c1ccc(-c2cc3c(ncc4nccn43)n2COCC[Si](C)(C)C)cc1. The summed E-state index contributed by atoms with van der Waals surface area (Å²) in [5, 5.41) is 0. The van der Waals surface area contributed by atoms with Crippen molar-refractivity contribution >= 4 is 30.7 Å². The van der Waals surface area contributed by atoms with Crippen LogP contribution in [0, 0.1) is 0 Å². The van der Waals surface area contributed by atoms with E-state index in [-0.39, 0.29) is 5.78 Å². The van der Waals surface area contributed by atoms with Gasteiger partial charge >= 0.3 is 0 Å². The molecule has 0 amide bonds. The van der Waals surface area contributed by atoms with Crippen LogP contribution in [0.2, 0.25) is 25.7 Å². The van der Waals surface area contributed by atoms with Crippen LogP contribution in [0.5, 0.6) is 0 Å². The van der Waals surface area contributed by atoms with Crippen LogP contribution in [0.1, 0.15) is 17.3 Å². The third kappa shape index (κ3) is 4.01. The molecule has 0 unspecified atom stereocenters. The molecule has 1 aromatic carbocycles. The van der Waals surface area contributed by atoms with E-state index in [1.807, 2.05) is 34.9 Å². The molecular formula is C22H26N4O2Si. The van der Waals surface area contributed by atoms with E-state index in [9.17, 15) is 4.79 Å². The molecule has 0 aliphatic carbocycles. The fourth-order valence-electron chi connectivity index (χ4n) is 3.35. The molecule has 150 valence electrons. The second kappa shape index (κ2) is 7.57. The maximum Gasteiger partial charge on any atom is 0.159 e. The van der Waals surface area contributed by atoms with Crippen molar-refractivity contribution in [2.45, 2.75) is 39.3 Å². The van der Waals surface area contributed by atoms with Gasteiger partial charge in [-0.3, -0.25) is 9.20 Å². The molecule has 3 heterocycles. The van der Waals surface area contributed by atoms with E-state index in [0.717, 1.165) is 40.7 Å². The number of rotatable bonds is 7. The average Bonchev–Trinajstić information content (AvgIpc) is 3.28. The zero-order valence-electron chi connectivity index (χ0n) is 17.3. The van der Waals surface area contributed by atoms with E-state index < -0.39 is 8.07 Å². The van der Waals surface area contributed by atoms with Gasteiger partial charge in [0.05, 0.1) is 17.4 Å². The smallest absolute Gasteiger partial charge is 0.159 e. The van der Waals surface area contributed by atoms with Crippen LogP contribution in [-0.2, 0) is 11.5 Å². The Balaban J connectivity index is 1.75. The lowest BCUT2D eigenvalue weighted by atomic mass is 10.1. The van der Waals surface area contributed by atoms with Crippen LogP contribution >= 0.6 is 0 Å². The summed E-state index contributed by atoms with van der Waals surface area (Å²) in [6.07, 6.45) is 5.50. The number of imidazole rings is 1. The van der Waals surface area contributed by atoms with Crippen molar-refractivity contribution in [2.24, 2.45) is 0 Å². The van der Waals surface area contributed by atoms with Crippen molar-refractivity contribution in [3.63, 3.8) is 0 Å². The number of carbonyl (C=O) groups is 1. The number of carbonyl (C=O) groups excluding carboxylic acids is 1. The van der Waals surface area contributed by atoms with Gasteiger partial charge in [0.25, 0.3) is 0 Å². The van der Waals surface area contributed by atoms with E-state index in [1.165, 1.54) is 0 Å². The van der Waals surface area contributed by atoms with Crippen molar-refractivity contribution in [1.29, 1.82) is 0 Å². The summed E-state index contributed by atoms with van der Waals surface area (Å²) in [7, 11) is -1.15. The van der Waals surface area contributed by atoms with Crippen molar-refractivity contribution in [2.75, 3.05) is 6.61 Å². The highest BCUT2D eigenvalue weighted by Gasteiger charge is 2.16. The number of hydrogen-bond donors (Lipinski definition) is 0. The van der Waals surface area contributed by atoms with Gasteiger partial charge in [0, 0.05) is 32.6 Å². The van der Waals surface area contributed by atoms with Crippen LogP contribution in [0.25, 0.3) is 28.1 Å². The standard InChI is InChI=1S/C22H26N4O2Si/c1-16(27)17-5-7-18(8-6-17)19-13-20-22(24-14-21-23-9-10-25(20)21)26(19)15-28-11-12-29(2,3)4/h5-10,13-14H,11-12,15H2,1-4H3. The topological polar surface area (TPSA) is 61.4 Å². The fraction of sp³-hybridized carbons (Fsp3) is 0.318. The Morgan fingerprint density at radius 1 is 1.14 bits per heavy atom. The van der Waals surface area contributed by atoms with Gasteiger partial charge in [-0.2, -0.15) is 0 Å². The molecule has 29 heavy (non-hydrogen) atoms. The maximum atomic E-state index is 11.6. The molecule has 0 aliphatic heterocycles. The number of ketones is 1. The van der Waals surface area contributed by atoms with E-state index in [1.54, 1.807) is 19.3 Å². The van der Waals surface area contributed by atoms with Gasteiger partial charge in [-0.25, -0.2) is 9.97 Å². The highest BCUT2D eigenvalue weighted by molar-refractivity contribution is 6.76. The second-order valence-corrected chi connectivity index (χ2v) is 14.2. The van der Waals surface area contributed by atoms with Crippen molar-refractivity contribution in [3.05, 3.63) is 54.5 Å². The lowest BCUT2D eigenvalue weighted by Gasteiger charge is -2.16. The Morgan fingerprint density at radius 3 is 2.59 bits per heavy atom. The van der Waals surface area contributed by atoms with Gasteiger partial charge in [-0.15, -0.1) is 0 Å². The zero-order chi connectivity index (χ0) is 20.6. The van der Waals surface area contributed by atoms with E-state index in [2.05, 4.69) is 40.2 Å². The Morgan fingerprint density at radius 2 is 1.90 bits per heavy atom. The summed E-state index contributed by atoms with van der Waals surface area (Å²) in [6.45, 7) is 9.80. The molecule has 3 aromatic heterocycles. The van der Waals surface area contributed by atoms with Crippen LogP contribution in [0.15, 0.2) is 48.9 Å². The average molecular weight is 407 g/mol. The van der Waals surface area contributed by atoms with Crippen LogP contribution in [0.4, 0.5) is 0 Å². The molecular weight excluding hydrogens is 380 g/mol. The van der Waals surface area contributed by atoms with Gasteiger partial charge in [-0.1, -0.05) is 43.9 Å². The molecule has 7 heteroatoms. The minimum atomic E-state index is -1.15. The normalized spacial score (nSPS) is 12.1. The number of ether oxygens (including phenoxy) is 1. The van der Waals surface area contributed by atoms with Gasteiger partial charge in [0.15, 0.2) is 17.1 Å². The zero-order valence-corrected chi connectivity index (χ0v) is 18.3. The first kappa shape index (κ1) is 19.5. The Kier molecular flexibility index (Phi) is 5.10. The monoisotopic (exact) mass is 406 g/mol.